The Hall–Kier alpha value is -0.870. The Labute approximate surface area is 103 Å². The summed E-state index contributed by atoms with van der Waals surface area (Å²) < 4.78 is 22.9. The number of benzene rings is 1. The van der Waals surface area contributed by atoms with Crippen molar-refractivity contribution in [2.45, 2.75) is 30.6 Å². The van der Waals surface area contributed by atoms with E-state index >= 15 is 0 Å². The fourth-order valence-corrected chi connectivity index (χ4v) is 3.18. The van der Waals surface area contributed by atoms with Crippen LogP contribution < -0.4 is 5.32 Å². The molecule has 17 heavy (non-hydrogen) atoms. The summed E-state index contributed by atoms with van der Waals surface area (Å²) in [6.45, 7) is 4.11. The molecule has 1 aliphatic heterocycles. The number of aryl methyl sites for hydroxylation is 1. The molecule has 0 saturated carbocycles. The van der Waals surface area contributed by atoms with Crippen molar-refractivity contribution in [3.05, 3.63) is 29.3 Å². The lowest BCUT2D eigenvalue weighted by atomic mass is 9.87. The highest BCUT2D eigenvalue weighted by Gasteiger charge is 2.18. The second-order valence-corrected chi connectivity index (χ2v) is 6.83. The monoisotopic (exact) mass is 253 g/mol. The molecule has 1 heterocycles. The van der Waals surface area contributed by atoms with E-state index in [9.17, 15) is 8.42 Å². The van der Waals surface area contributed by atoms with Crippen LogP contribution in [-0.2, 0) is 9.84 Å². The van der Waals surface area contributed by atoms with Gasteiger partial charge in [0.2, 0.25) is 0 Å². The number of nitrogens with one attached hydrogen (secondary N) is 1. The minimum atomic E-state index is -3.09. The van der Waals surface area contributed by atoms with Gasteiger partial charge in [-0.05, 0) is 62.0 Å². The Bertz CT molecular complexity index is 502. The number of hydrogen-bond donors (Lipinski definition) is 1. The number of sulfone groups is 1. The van der Waals surface area contributed by atoms with Gasteiger partial charge in [0.15, 0.2) is 9.84 Å². The minimum Gasteiger partial charge on any atom is -0.317 e. The van der Waals surface area contributed by atoms with Gasteiger partial charge in [-0.3, -0.25) is 0 Å². The quantitative estimate of drug-likeness (QED) is 0.875. The summed E-state index contributed by atoms with van der Waals surface area (Å²) in [5, 5.41) is 3.34. The molecule has 2 rings (SSSR count). The smallest absolute Gasteiger partial charge is 0.175 e. The summed E-state index contributed by atoms with van der Waals surface area (Å²) in [7, 11) is -3.09. The predicted octanol–water partition coefficient (Wildman–Crippen LogP) is 1.87. The van der Waals surface area contributed by atoms with Crippen LogP contribution in [0.2, 0.25) is 0 Å². The van der Waals surface area contributed by atoms with Gasteiger partial charge in [-0.2, -0.15) is 0 Å². The second kappa shape index (κ2) is 4.78. The van der Waals surface area contributed by atoms with Gasteiger partial charge in [0.1, 0.15) is 0 Å². The van der Waals surface area contributed by atoms with E-state index in [1.54, 1.807) is 12.1 Å². The lowest BCUT2D eigenvalue weighted by Gasteiger charge is -2.24. The van der Waals surface area contributed by atoms with Gasteiger partial charge in [-0.25, -0.2) is 8.42 Å². The van der Waals surface area contributed by atoms with Crippen LogP contribution >= 0.6 is 0 Å². The first-order valence-electron chi connectivity index (χ1n) is 6.00. The minimum absolute atomic E-state index is 0.424. The molecule has 94 valence electrons. The molecular formula is C13H19NO2S. The normalized spacial score (nSPS) is 18.2. The van der Waals surface area contributed by atoms with E-state index in [1.807, 2.05) is 13.0 Å². The lowest BCUT2D eigenvalue weighted by molar-refractivity contribution is 0.459. The van der Waals surface area contributed by atoms with Crippen molar-refractivity contribution in [3.63, 3.8) is 0 Å². The molecule has 0 aliphatic carbocycles. The van der Waals surface area contributed by atoms with Gasteiger partial charge in [0.05, 0.1) is 4.90 Å². The number of piperidine rings is 1. The number of hydrogen-bond acceptors (Lipinski definition) is 3. The summed E-state index contributed by atoms with van der Waals surface area (Å²) in [5.74, 6) is 0.574. The van der Waals surface area contributed by atoms with Crippen molar-refractivity contribution >= 4 is 9.84 Å². The maximum atomic E-state index is 11.5. The standard InChI is InChI=1S/C13H19NO2S/c1-10-9-12(17(2,15)16)3-4-13(10)11-5-7-14-8-6-11/h3-4,9,11,14H,5-8H2,1-2H3. The first-order chi connectivity index (χ1) is 7.98. The Morgan fingerprint density at radius 3 is 2.41 bits per heavy atom. The van der Waals surface area contributed by atoms with E-state index in [0.717, 1.165) is 31.5 Å². The zero-order valence-corrected chi connectivity index (χ0v) is 11.2. The van der Waals surface area contributed by atoms with Crippen molar-refractivity contribution in [2.75, 3.05) is 19.3 Å². The summed E-state index contributed by atoms with van der Waals surface area (Å²) >= 11 is 0. The zero-order valence-electron chi connectivity index (χ0n) is 10.4. The second-order valence-electron chi connectivity index (χ2n) is 4.81. The third kappa shape index (κ3) is 2.87. The van der Waals surface area contributed by atoms with Crippen molar-refractivity contribution in [1.29, 1.82) is 0 Å². The molecule has 0 spiro atoms. The van der Waals surface area contributed by atoms with Crippen LogP contribution in [0.4, 0.5) is 0 Å². The summed E-state index contributed by atoms with van der Waals surface area (Å²) in [6, 6.07) is 5.52. The van der Waals surface area contributed by atoms with Crippen LogP contribution in [0.1, 0.15) is 29.9 Å². The average Bonchev–Trinajstić information content (AvgIpc) is 2.29. The van der Waals surface area contributed by atoms with Crippen LogP contribution in [0.25, 0.3) is 0 Å². The predicted molar refractivity (Wildman–Crippen MR) is 69.1 cm³/mol. The Kier molecular flexibility index (Phi) is 3.54. The zero-order chi connectivity index (χ0) is 12.5. The molecule has 1 saturated heterocycles. The number of rotatable bonds is 2. The Balaban J connectivity index is 2.31. The molecule has 1 aromatic carbocycles. The molecule has 0 atom stereocenters. The van der Waals surface area contributed by atoms with E-state index in [-0.39, 0.29) is 0 Å². The highest BCUT2D eigenvalue weighted by Crippen LogP contribution is 2.29. The summed E-state index contributed by atoms with van der Waals surface area (Å²) in [4.78, 5) is 0.424. The molecule has 1 aromatic rings. The van der Waals surface area contributed by atoms with Gasteiger partial charge in [-0.1, -0.05) is 6.07 Å². The molecule has 0 aromatic heterocycles. The fourth-order valence-electron chi connectivity index (χ4n) is 2.47. The topological polar surface area (TPSA) is 46.2 Å². The molecule has 1 aliphatic rings. The van der Waals surface area contributed by atoms with E-state index < -0.39 is 9.84 Å². The molecule has 0 bridgehead atoms. The van der Waals surface area contributed by atoms with Gasteiger partial charge in [0, 0.05) is 6.26 Å². The van der Waals surface area contributed by atoms with E-state index in [4.69, 9.17) is 0 Å². The van der Waals surface area contributed by atoms with Crippen LogP contribution in [0, 0.1) is 6.92 Å². The van der Waals surface area contributed by atoms with E-state index in [2.05, 4.69) is 5.32 Å². The van der Waals surface area contributed by atoms with Crippen molar-refractivity contribution in [3.8, 4) is 0 Å². The van der Waals surface area contributed by atoms with Crippen molar-refractivity contribution < 1.29 is 8.42 Å². The Morgan fingerprint density at radius 1 is 1.24 bits per heavy atom. The van der Waals surface area contributed by atoms with Gasteiger partial charge < -0.3 is 5.32 Å². The average molecular weight is 253 g/mol. The van der Waals surface area contributed by atoms with Crippen molar-refractivity contribution in [1.82, 2.24) is 5.32 Å². The third-order valence-corrected chi connectivity index (χ3v) is 4.56. The maximum absolute atomic E-state index is 11.5. The molecule has 1 N–H and O–H groups in total. The largest absolute Gasteiger partial charge is 0.317 e. The Morgan fingerprint density at radius 2 is 1.88 bits per heavy atom. The third-order valence-electron chi connectivity index (χ3n) is 3.45. The molecule has 0 unspecified atom stereocenters. The highest BCUT2D eigenvalue weighted by atomic mass is 32.2. The molecule has 4 heteroatoms. The molecule has 0 amide bonds. The fraction of sp³-hybridized carbons (Fsp3) is 0.538. The van der Waals surface area contributed by atoms with Gasteiger partial charge in [0.25, 0.3) is 0 Å². The van der Waals surface area contributed by atoms with Crippen molar-refractivity contribution in [2.24, 2.45) is 0 Å². The summed E-state index contributed by atoms with van der Waals surface area (Å²) in [5.41, 5.74) is 2.40. The first kappa shape index (κ1) is 12.6. The van der Waals surface area contributed by atoms with Crippen LogP contribution in [-0.4, -0.2) is 27.8 Å². The molecule has 1 fully saturated rings. The first-order valence-corrected chi connectivity index (χ1v) is 7.89. The van der Waals surface area contributed by atoms with Crippen LogP contribution in [0.15, 0.2) is 23.1 Å². The molecular weight excluding hydrogens is 234 g/mol. The van der Waals surface area contributed by atoms with Crippen LogP contribution in [0.3, 0.4) is 0 Å². The molecule has 3 nitrogen and oxygen atoms in total. The van der Waals surface area contributed by atoms with Gasteiger partial charge >= 0.3 is 0 Å². The maximum Gasteiger partial charge on any atom is 0.175 e. The van der Waals surface area contributed by atoms with E-state index in [0.29, 0.717) is 10.8 Å². The SMILES string of the molecule is Cc1cc(S(C)(=O)=O)ccc1C1CCNCC1. The lowest BCUT2D eigenvalue weighted by Crippen LogP contribution is -2.27. The van der Waals surface area contributed by atoms with E-state index in [1.165, 1.54) is 11.8 Å². The summed E-state index contributed by atoms with van der Waals surface area (Å²) in [6.07, 6.45) is 3.53. The highest BCUT2D eigenvalue weighted by molar-refractivity contribution is 7.90. The van der Waals surface area contributed by atoms with Crippen LogP contribution in [0.5, 0.6) is 0 Å². The molecule has 0 radical (unpaired) electrons. The van der Waals surface area contributed by atoms with Gasteiger partial charge in [-0.15, -0.1) is 0 Å².